The summed E-state index contributed by atoms with van der Waals surface area (Å²) in [6.45, 7) is 6.99. The van der Waals surface area contributed by atoms with Gasteiger partial charge >= 0.3 is 0 Å². The fourth-order valence-corrected chi connectivity index (χ4v) is 4.68. The lowest BCUT2D eigenvalue weighted by Crippen LogP contribution is -2.38. The van der Waals surface area contributed by atoms with Crippen molar-refractivity contribution in [1.82, 2.24) is 21.0 Å². The average Bonchev–Trinajstić information content (AvgIpc) is 3.42. The van der Waals surface area contributed by atoms with Gasteiger partial charge in [0.1, 0.15) is 17.6 Å². The van der Waals surface area contributed by atoms with Crippen molar-refractivity contribution in [2.24, 2.45) is 5.41 Å². The summed E-state index contributed by atoms with van der Waals surface area (Å²) in [7, 11) is 0. The molecule has 204 valence electrons. The lowest BCUT2D eigenvalue weighted by atomic mass is 9.96. The van der Waals surface area contributed by atoms with Crippen molar-refractivity contribution in [3.05, 3.63) is 89.8 Å². The second-order valence-electron chi connectivity index (χ2n) is 11.4. The molecule has 0 bridgehead atoms. The predicted octanol–water partition coefficient (Wildman–Crippen LogP) is 6.45. The number of nitrogens with one attached hydrogen (secondary N) is 4. The smallest absolute Gasteiger partial charge is 0.136 e. The minimum absolute atomic E-state index is 0.0397. The third kappa shape index (κ3) is 5.31. The molecular weight excluding hydrogens is 505 g/mol. The van der Waals surface area contributed by atoms with Gasteiger partial charge in [-0.05, 0) is 60.2 Å². The molecule has 4 aromatic rings. The highest BCUT2D eigenvalue weighted by molar-refractivity contribution is 6.03. The third-order valence-electron chi connectivity index (χ3n) is 6.87. The summed E-state index contributed by atoms with van der Waals surface area (Å²) in [5.41, 5.74) is 10.4. The molecular formula is C31H32FN7O. The van der Waals surface area contributed by atoms with Crippen LogP contribution in [0.4, 0.5) is 15.8 Å². The third-order valence-corrected chi connectivity index (χ3v) is 6.87. The fraction of sp³-hybridized carbons (Fsp3) is 0.290. The van der Waals surface area contributed by atoms with E-state index >= 15 is 0 Å². The lowest BCUT2D eigenvalue weighted by Gasteiger charge is -2.24. The molecule has 0 unspecified atom stereocenters. The van der Waals surface area contributed by atoms with Crippen LogP contribution in [-0.4, -0.2) is 22.6 Å². The lowest BCUT2D eigenvalue weighted by molar-refractivity contribution is 0.260. The van der Waals surface area contributed by atoms with Crippen LogP contribution in [0.2, 0.25) is 0 Å². The van der Waals surface area contributed by atoms with Crippen molar-refractivity contribution in [2.45, 2.75) is 45.7 Å². The van der Waals surface area contributed by atoms with Crippen molar-refractivity contribution < 1.29 is 10.2 Å². The highest BCUT2D eigenvalue weighted by Crippen LogP contribution is 2.39. The van der Waals surface area contributed by atoms with Crippen LogP contribution in [0.15, 0.2) is 77.3 Å². The molecule has 2 aromatic carbocycles. The minimum Gasteiger partial charge on any atom is -0.464 e. The molecule has 8 nitrogen and oxygen atoms in total. The molecule has 1 atom stereocenters. The van der Waals surface area contributed by atoms with E-state index in [-0.39, 0.29) is 11.2 Å². The molecule has 4 N–H and O–H groups in total. The summed E-state index contributed by atoms with van der Waals surface area (Å²) >= 11 is 0. The molecule has 1 aliphatic heterocycles. The number of hydrogen-bond donors (Lipinski definition) is 4. The highest BCUT2D eigenvalue weighted by Gasteiger charge is 2.32. The second-order valence-corrected chi connectivity index (χ2v) is 11.4. The van der Waals surface area contributed by atoms with E-state index in [0.29, 0.717) is 57.6 Å². The molecule has 1 fully saturated rings. The van der Waals surface area contributed by atoms with Crippen LogP contribution in [0, 0.1) is 22.6 Å². The van der Waals surface area contributed by atoms with E-state index < -0.39 is 6.02 Å². The molecule has 2 aliphatic rings. The maximum Gasteiger partial charge on any atom is 0.136 e. The zero-order valence-electron chi connectivity index (χ0n) is 23.7. The molecule has 3 heterocycles. The maximum atomic E-state index is 13.9. The Labute approximate surface area is 234 Å². The van der Waals surface area contributed by atoms with Crippen LogP contribution in [0.3, 0.4) is 0 Å². The highest BCUT2D eigenvalue weighted by atomic mass is 19.1. The van der Waals surface area contributed by atoms with Crippen LogP contribution in [0.1, 0.15) is 52.1 Å². The topological polar surface area (TPSA) is 101 Å². The predicted molar refractivity (Wildman–Crippen MR) is 154 cm³/mol. The van der Waals surface area contributed by atoms with Crippen molar-refractivity contribution in [3.63, 3.8) is 0 Å². The zero-order valence-corrected chi connectivity index (χ0v) is 22.7. The standard InChI is InChI=1S/C31H32FN7O/c1-31(2,3)18-35-28-20(15-33)16-34-30-24(27-5-4-12-40-27)13-22(14-25(28)30)36-29(19-6-8-21(32)9-7-19)26-17-39(38-37-26)23-10-11-23/h4-9,12-14,16-17,23,29,36-38H,10-11,18H2,1-3H3,(H,34,35)/t29-/m1/s1/i29D. The number of hydrazine groups is 2. The normalized spacial score (nSPS) is 17.0. The maximum absolute atomic E-state index is 13.9. The molecule has 0 saturated heterocycles. The fourth-order valence-electron chi connectivity index (χ4n) is 4.68. The summed E-state index contributed by atoms with van der Waals surface area (Å²) in [6, 6.07) is 14.5. The zero-order chi connectivity index (χ0) is 28.8. The van der Waals surface area contributed by atoms with Gasteiger partial charge < -0.3 is 20.5 Å². The van der Waals surface area contributed by atoms with E-state index in [1.807, 2.05) is 35.5 Å². The van der Waals surface area contributed by atoms with Gasteiger partial charge in [0, 0.05) is 41.6 Å². The molecule has 0 spiro atoms. The number of furan rings is 1. The molecule has 1 saturated carbocycles. The Morgan fingerprint density at radius 1 is 1.25 bits per heavy atom. The van der Waals surface area contributed by atoms with Gasteiger partial charge in [-0.3, -0.25) is 9.99 Å². The number of anilines is 2. The van der Waals surface area contributed by atoms with Crippen LogP contribution in [0.25, 0.3) is 22.2 Å². The van der Waals surface area contributed by atoms with Gasteiger partial charge in [-0.2, -0.15) is 5.26 Å². The van der Waals surface area contributed by atoms with E-state index in [2.05, 4.69) is 53.4 Å². The van der Waals surface area contributed by atoms with E-state index in [0.717, 1.165) is 18.2 Å². The van der Waals surface area contributed by atoms with Crippen molar-refractivity contribution in [1.29, 1.82) is 5.26 Å². The van der Waals surface area contributed by atoms with Gasteiger partial charge in [0.2, 0.25) is 0 Å². The largest absolute Gasteiger partial charge is 0.464 e. The quantitative estimate of drug-likeness (QED) is 0.203. The molecule has 6 rings (SSSR count). The van der Waals surface area contributed by atoms with Gasteiger partial charge in [0.25, 0.3) is 0 Å². The first kappa shape index (κ1) is 24.5. The first-order valence-corrected chi connectivity index (χ1v) is 13.4. The molecule has 0 radical (unpaired) electrons. The number of aromatic nitrogens is 1. The first-order valence-electron chi connectivity index (χ1n) is 13.9. The van der Waals surface area contributed by atoms with Crippen molar-refractivity contribution >= 4 is 22.3 Å². The number of rotatable bonds is 8. The SMILES string of the molecule is [2H][C@](Nc1cc(-c2ccco2)c2ncc(C#N)c(NCC(C)(C)C)c2c1)(C1=CN(C2CC2)NN1)c1ccc(F)cc1. The van der Waals surface area contributed by atoms with Gasteiger partial charge in [0.15, 0.2) is 0 Å². The number of nitrogens with zero attached hydrogens (tertiary/aromatic N) is 3. The summed E-state index contributed by atoms with van der Waals surface area (Å²) in [4.78, 5) is 4.65. The van der Waals surface area contributed by atoms with Crippen molar-refractivity contribution in [3.8, 4) is 17.4 Å². The Morgan fingerprint density at radius 2 is 2.05 bits per heavy atom. The van der Waals surface area contributed by atoms with E-state index in [1.54, 1.807) is 24.6 Å². The Hall–Kier alpha value is -4.55. The number of benzene rings is 2. The van der Waals surface area contributed by atoms with Crippen LogP contribution < -0.4 is 21.6 Å². The first-order chi connectivity index (χ1) is 19.6. The molecule has 1 aliphatic carbocycles. The van der Waals surface area contributed by atoms with E-state index in [9.17, 15) is 11.0 Å². The molecule has 9 heteroatoms. The summed E-state index contributed by atoms with van der Waals surface area (Å²) in [5.74, 6) is 0.229. The van der Waals surface area contributed by atoms with Gasteiger partial charge in [-0.15, -0.1) is 5.53 Å². The van der Waals surface area contributed by atoms with Gasteiger partial charge in [-0.1, -0.05) is 32.9 Å². The molecule has 2 aromatic heterocycles. The Morgan fingerprint density at radius 3 is 2.73 bits per heavy atom. The van der Waals surface area contributed by atoms with Crippen LogP contribution >= 0.6 is 0 Å². The minimum atomic E-state index is -1.52. The summed E-state index contributed by atoms with van der Waals surface area (Å²) in [6.07, 6.45) is 7.21. The second kappa shape index (κ2) is 10.2. The number of pyridine rings is 1. The van der Waals surface area contributed by atoms with Crippen LogP contribution in [0.5, 0.6) is 0 Å². The summed E-state index contributed by atoms with van der Waals surface area (Å²) < 4.78 is 29.4. The van der Waals surface area contributed by atoms with Crippen LogP contribution in [-0.2, 0) is 0 Å². The number of nitriles is 1. The average molecular weight is 539 g/mol. The number of hydrogen-bond acceptors (Lipinski definition) is 8. The van der Waals surface area contributed by atoms with Gasteiger partial charge in [0.05, 0.1) is 36.1 Å². The van der Waals surface area contributed by atoms with Gasteiger partial charge in [-0.25, -0.2) is 4.39 Å². The molecule has 40 heavy (non-hydrogen) atoms. The Bertz CT molecular complexity index is 1650. The molecule has 0 amide bonds. The Balaban J connectivity index is 1.52. The summed E-state index contributed by atoms with van der Waals surface area (Å²) in [5, 5.41) is 19.5. The van der Waals surface area contributed by atoms with E-state index in [4.69, 9.17) is 4.42 Å². The number of halogens is 1. The monoisotopic (exact) mass is 538 g/mol. The Kier molecular flexibility index (Phi) is 6.25. The van der Waals surface area contributed by atoms with E-state index in [1.165, 1.54) is 12.1 Å². The van der Waals surface area contributed by atoms with Crippen molar-refractivity contribution in [2.75, 3.05) is 17.2 Å². The number of fused-ring (bicyclic) bond motifs is 1.